The van der Waals surface area contributed by atoms with Gasteiger partial charge in [0.15, 0.2) is 6.10 Å². The molecular formula is C8H12F3NO. The van der Waals surface area contributed by atoms with Crippen molar-refractivity contribution in [2.45, 2.75) is 18.7 Å². The highest BCUT2D eigenvalue weighted by molar-refractivity contribution is 4.97. The first kappa shape index (κ1) is 9.27. The highest BCUT2D eigenvalue weighted by atomic mass is 19.4. The minimum Gasteiger partial charge on any atom is -0.382 e. The molecule has 2 fully saturated rings. The molecule has 0 spiro atoms. The summed E-state index contributed by atoms with van der Waals surface area (Å²) in [7, 11) is 0. The number of β-amino-alcohol motifs (C(OH)–C–C–N with tert-alkyl or cyclic N) is 1. The van der Waals surface area contributed by atoms with Gasteiger partial charge in [-0.25, -0.2) is 0 Å². The van der Waals surface area contributed by atoms with Crippen LogP contribution < -0.4 is 0 Å². The molecule has 0 aromatic carbocycles. The second kappa shape index (κ2) is 2.85. The van der Waals surface area contributed by atoms with Crippen LogP contribution in [0.3, 0.4) is 0 Å². The number of halogens is 3. The van der Waals surface area contributed by atoms with Crippen molar-refractivity contribution in [1.29, 1.82) is 0 Å². The fourth-order valence-electron chi connectivity index (χ4n) is 1.99. The molecule has 2 rings (SSSR count). The van der Waals surface area contributed by atoms with E-state index in [-0.39, 0.29) is 6.54 Å². The predicted octanol–water partition coefficient (Wildman–Crippen LogP) is 0.861. The van der Waals surface area contributed by atoms with Crippen LogP contribution in [-0.2, 0) is 0 Å². The summed E-state index contributed by atoms with van der Waals surface area (Å²) >= 11 is 0. The average Bonchev–Trinajstić information content (AvgIpc) is 2.57. The maximum atomic E-state index is 11.9. The Balaban J connectivity index is 1.78. The first-order valence-corrected chi connectivity index (χ1v) is 4.44. The summed E-state index contributed by atoms with van der Waals surface area (Å²) in [5.74, 6) is 1.22. The summed E-state index contributed by atoms with van der Waals surface area (Å²) in [6, 6.07) is 0. The van der Waals surface area contributed by atoms with Gasteiger partial charge in [0.25, 0.3) is 0 Å². The van der Waals surface area contributed by atoms with E-state index in [1.807, 2.05) is 0 Å². The smallest absolute Gasteiger partial charge is 0.382 e. The van der Waals surface area contributed by atoms with Gasteiger partial charge in [-0.1, -0.05) is 0 Å². The highest BCUT2D eigenvalue weighted by Crippen LogP contribution is 2.45. The molecule has 76 valence electrons. The number of likely N-dealkylation sites (tertiary alicyclic amines) is 1. The molecule has 1 aliphatic carbocycles. The largest absolute Gasteiger partial charge is 0.415 e. The van der Waals surface area contributed by atoms with E-state index in [0.717, 1.165) is 13.1 Å². The fraction of sp³-hybridized carbons (Fsp3) is 1.00. The van der Waals surface area contributed by atoms with Crippen molar-refractivity contribution in [1.82, 2.24) is 4.90 Å². The van der Waals surface area contributed by atoms with E-state index in [2.05, 4.69) is 0 Å². The van der Waals surface area contributed by atoms with Crippen molar-refractivity contribution in [3.05, 3.63) is 0 Å². The van der Waals surface area contributed by atoms with E-state index in [9.17, 15) is 13.2 Å². The van der Waals surface area contributed by atoms with Crippen LogP contribution in [0.15, 0.2) is 0 Å². The number of rotatable bonds is 2. The Morgan fingerprint density at radius 1 is 1.31 bits per heavy atom. The standard InChI is InChI=1S/C8H12F3NO/c9-8(10,11)7(13)4-12-2-5-1-6(5)3-12/h5-7,13H,1-4H2. The van der Waals surface area contributed by atoms with Gasteiger partial charge in [0.2, 0.25) is 0 Å². The predicted molar refractivity (Wildman–Crippen MR) is 40.1 cm³/mol. The Hall–Kier alpha value is -0.290. The zero-order chi connectivity index (χ0) is 9.64. The second-order valence-corrected chi connectivity index (χ2v) is 4.03. The van der Waals surface area contributed by atoms with Crippen LogP contribution in [0, 0.1) is 11.8 Å². The van der Waals surface area contributed by atoms with Crippen molar-refractivity contribution in [3.8, 4) is 0 Å². The van der Waals surface area contributed by atoms with Gasteiger partial charge < -0.3 is 5.11 Å². The van der Waals surface area contributed by atoms with Gasteiger partial charge in [-0.2, -0.15) is 13.2 Å². The van der Waals surface area contributed by atoms with Crippen LogP contribution in [0.1, 0.15) is 6.42 Å². The minimum absolute atomic E-state index is 0.253. The summed E-state index contributed by atoms with van der Waals surface area (Å²) in [6.45, 7) is 1.21. The van der Waals surface area contributed by atoms with Crippen molar-refractivity contribution in [3.63, 3.8) is 0 Å². The molecule has 0 aromatic heterocycles. The first-order chi connectivity index (χ1) is 5.97. The Kier molecular flexibility index (Phi) is 2.03. The van der Waals surface area contributed by atoms with Gasteiger partial charge >= 0.3 is 6.18 Å². The molecule has 1 heterocycles. The Morgan fingerprint density at radius 3 is 2.31 bits per heavy atom. The zero-order valence-electron chi connectivity index (χ0n) is 7.09. The number of hydrogen-bond donors (Lipinski definition) is 1. The summed E-state index contributed by atoms with van der Waals surface area (Å²) in [5, 5.41) is 8.78. The summed E-state index contributed by atoms with van der Waals surface area (Å²) in [4.78, 5) is 1.71. The number of fused-ring (bicyclic) bond motifs is 1. The van der Waals surface area contributed by atoms with Crippen LogP contribution in [-0.4, -0.2) is 41.9 Å². The molecule has 3 unspecified atom stereocenters. The minimum atomic E-state index is -4.47. The Morgan fingerprint density at radius 2 is 1.85 bits per heavy atom. The molecule has 1 N–H and O–H groups in total. The number of alkyl halides is 3. The van der Waals surface area contributed by atoms with Gasteiger partial charge in [0, 0.05) is 19.6 Å². The van der Waals surface area contributed by atoms with Gasteiger partial charge in [0.1, 0.15) is 0 Å². The first-order valence-electron chi connectivity index (χ1n) is 4.44. The molecule has 0 bridgehead atoms. The lowest BCUT2D eigenvalue weighted by Gasteiger charge is -2.22. The van der Waals surface area contributed by atoms with E-state index in [4.69, 9.17) is 5.11 Å². The fourth-order valence-corrected chi connectivity index (χ4v) is 1.99. The SMILES string of the molecule is OC(CN1CC2CC2C1)C(F)(F)F. The summed E-state index contributed by atoms with van der Waals surface area (Å²) in [5.41, 5.74) is 0. The van der Waals surface area contributed by atoms with Crippen LogP contribution >= 0.6 is 0 Å². The van der Waals surface area contributed by atoms with Crippen LogP contribution in [0.2, 0.25) is 0 Å². The lowest BCUT2D eigenvalue weighted by atomic mass is 10.3. The second-order valence-electron chi connectivity index (χ2n) is 4.03. The monoisotopic (exact) mass is 195 g/mol. The summed E-state index contributed by atoms with van der Waals surface area (Å²) in [6.07, 6.45) is -5.48. The van der Waals surface area contributed by atoms with E-state index >= 15 is 0 Å². The van der Waals surface area contributed by atoms with E-state index in [1.54, 1.807) is 4.90 Å². The van der Waals surface area contributed by atoms with Gasteiger partial charge in [-0.15, -0.1) is 0 Å². The Bertz CT molecular complexity index is 196. The molecule has 1 saturated carbocycles. The van der Waals surface area contributed by atoms with E-state index in [0.29, 0.717) is 11.8 Å². The maximum absolute atomic E-state index is 11.9. The molecule has 0 aromatic rings. The molecule has 1 saturated heterocycles. The van der Waals surface area contributed by atoms with Crippen molar-refractivity contribution in [2.75, 3.05) is 19.6 Å². The average molecular weight is 195 g/mol. The Labute approximate surface area is 74.3 Å². The molecule has 2 aliphatic rings. The van der Waals surface area contributed by atoms with Crippen molar-refractivity contribution in [2.24, 2.45) is 11.8 Å². The van der Waals surface area contributed by atoms with Gasteiger partial charge in [-0.3, -0.25) is 4.90 Å². The molecule has 5 heteroatoms. The number of hydrogen-bond acceptors (Lipinski definition) is 2. The third-order valence-electron chi connectivity index (χ3n) is 2.86. The van der Waals surface area contributed by atoms with Crippen LogP contribution in [0.5, 0.6) is 0 Å². The lowest BCUT2D eigenvalue weighted by Crippen LogP contribution is -2.40. The third-order valence-corrected chi connectivity index (χ3v) is 2.86. The quantitative estimate of drug-likeness (QED) is 0.706. The number of aliphatic hydroxyl groups excluding tert-OH is 1. The van der Waals surface area contributed by atoms with Crippen LogP contribution in [0.4, 0.5) is 13.2 Å². The number of nitrogens with zero attached hydrogens (tertiary/aromatic N) is 1. The maximum Gasteiger partial charge on any atom is 0.415 e. The molecule has 0 radical (unpaired) electrons. The zero-order valence-corrected chi connectivity index (χ0v) is 7.09. The van der Waals surface area contributed by atoms with Crippen molar-refractivity contribution < 1.29 is 18.3 Å². The molecule has 1 aliphatic heterocycles. The molecule has 3 atom stereocenters. The molecule has 0 amide bonds. The normalized spacial score (nSPS) is 36.0. The number of aliphatic hydroxyl groups is 1. The van der Waals surface area contributed by atoms with E-state index < -0.39 is 12.3 Å². The molecule has 13 heavy (non-hydrogen) atoms. The molecular weight excluding hydrogens is 183 g/mol. The lowest BCUT2D eigenvalue weighted by molar-refractivity contribution is -0.207. The van der Waals surface area contributed by atoms with Gasteiger partial charge in [-0.05, 0) is 18.3 Å². The summed E-state index contributed by atoms with van der Waals surface area (Å²) < 4.78 is 35.8. The highest BCUT2D eigenvalue weighted by Gasteiger charge is 2.47. The number of piperidine rings is 1. The third kappa shape index (κ3) is 1.96. The van der Waals surface area contributed by atoms with Crippen LogP contribution in [0.25, 0.3) is 0 Å². The topological polar surface area (TPSA) is 23.5 Å². The molecule has 2 nitrogen and oxygen atoms in total. The van der Waals surface area contributed by atoms with E-state index in [1.165, 1.54) is 6.42 Å². The van der Waals surface area contributed by atoms with Crippen molar-refractivity contribution >= 4 is 0 Å². The van der Waals surface area contributed by atoms with Gasteiger partial charge in [0.05, 0.1) is 0 Å².